The summed E-state index contributed by atoms with van der Waals surface area (Å²) in [4.78, 5) is 26.8. The van der Waals surface area contributed by atoms with Crippen molar-refractivity contribution in [1.82, 2.24) is 24.2 Å². The zero-order valence-electron chi connectivity index (χ0n) is 22.9. The number of ether oxygens (including phenoxy) is 1. The van der Waals surface area contributed by atoms with Gasteiger partial charge in [0.15, 0.2) is 0 Å². The number of hydrogen-bond donors (Lipinski definition) is 0. The summed E-state index contributed by atoms with van der Waals surface area (Å²) in [5.41, 5.74) is 4.79. The molecule has 3 aromatic heterocycles. The molecule has 0 N–H and O–H groups in total. The first-order chi connectivity index (χ1) is 19.6. The van der Waals surface area contributed by atoms with Gasteiger partial charge in [0.05, 0.1) is 12.1 Å². The first-order valence-corrected chi connectivity index (χ1v) is 14.1. The Morgan fingerprint density at radius 1 is 1.02 bits per heavy atom. The minimum atomic E-state index is 0.0137. The van der Waals surface area contributed by atoms with Crippen molar-refractivity contribution in [3.05, 3.63) is 108 Å². The van der Waals surface area contributed by atoms with Crippen LogP contribution in [0.25, 0.3) is 16.6 Å². The maximum Gasteiger partial charge on any atom is 0.274 e. The molecule has 7 heteroatoms. The van der Waals surface area contributed by atoms with E-state index in [1.807, 2.05) is 58.2 Å². The largest absolute Gasteiger partial charge is 0.494 e. The fourth-order valence-electron chi connectivity index (χ4n) is 5.75. The lowest BCUT2D eigenvalue weighted by molar-refractivity contribution is 0.0575. The fraction of sp³-hybridized carbons (Fsp3) is 0.303. The van der Waals surface area contributed by atoms with Crippen LogP contribution >= 0.6 is 0 Å². The molecule has 0 unspecified atom stereocenters. The molecule has 40 heavy (non-hydrogen) atoms. The molecule has 0 spiro atoms. The second kappa shape index (κ2) is 11.9. The molecule has 0 saturated carbocycles. The Morgan fingerprint density at radius 3 is 2.85 bits per heavy atom. The molecule has 0 bridgehead atoms. The standard InChI is InChI=1S/C33H35N5O2/c1-36(23-27-11-7-10-26-12-8-17-34-32(26)27)22-25-9-6-14-29(21-25)40-20-16-28-13-2-5-19-38(28)33(39)30-24-37-18-4-3-15-31(37)35-30/h3-4,6-12,14-15,17-18,21,24,28H,2,5,13,16,19-20,22-23H2,1H3/t28-/m0/s1. The van der Waals surface area contributed by atoms with Crippen LogP contribution in [-0.2, 0) is 13.1 Å². The van der Waals surface area contributed by atoms with E-state index in [0.717, 1.165) is 62.2 Å². The van der Waals surface area contributed by atoms with E-state index in [-0.39, 0.29) is 11.9 Å². The zero-order valence-corrected chi connectivity index (χ0v) is 22.9. The number of piperidine rings is 1. The topological polar surface area (TPSA) is 63.0 Å². The van der Waals surface area contributed by atoms with Gasteiger partial charge in [-0.25, -0.2) is 4.98 Å². The van der Waals surface area contributed by atoms with Crippen molar-refractivity contribution in [2.45, 2.75) is 44.8 Å². The summed E-state index contributed by atoms with van der Waals surface area (Å²) in [6, 6.07) is 24.7. The predicted octanol–water partition coefficient (Wildman–Crippen LogP) is 5.98. The minimum absolute atomic E-state index is 0.0137. The van der Waals surface area contributed by atoms with Gasteiger partial charge in [-0.3, -0.25) is 14.7 Å². The summed E-state index contributed by atoms with van der Waals surface area (Å²) in [5.74, 6) is 0.881. The van der Waals surface area contributed by atoms with E-state index in [2.05, 4.69) is 64.4 Å². The maximum absolute atomic E-state index is 13.4. The number of carbonyl (C=O) groups is 1. The van der Waals surface area contributed by atoms with E-state index in [1.165, 1.54) is 16.5 Å². The Labute approximate surface area is 235 Å². The molecule has 5 aromatic rings. The van der Waals surface area contributed by atoms with Crippen LogP contribution in [0.4, 0.5) is 0 Å². The smallest absolute Gasteiger partial charge is 0.274 e. The van der Waals surface area contributed by atoms with Gasteiger partial charge in [-0.15, -0.1) is 0 Å². The third-order valence-corrected chi connectivity index (χ3v) is 7.70. The first kappa shape index (κ1) is 26.0. The molecular formula is C33H35N5O2. The molecule has 6 rings (SSSR count). The van der Waals surface area contributed by atoms with E-state index in [1.54, 1.807) is 0 Å². The number of rotatable bonds is 9. The highest BCUT2D eigenvalue weighted by Crippen LogP contribution is 2.24. The third-order valence-electron chi connectivity index (χ3n) is 7.70. The van der Waals surface area contributed by atoms with Crippen LogP contribution in [0.5, 0.6) is 5.75 Å². The molecule has 204 valence electrons. The van der Waals surface area contributed by atoms with E-state index in [0.29, 0.717) is 12.3 Å². The van der Waals surface area contributed by atoms with Crippen LogP contribution < -0.4 is 4.74 Å². The Morgan fingerprint density at radius 2 is 1.93 bits per heavy atom. The SMILES string of the molecule is CN(Cc1cccc(OCC[C@@H]2CCCCN2C(=O)c2cn3ccccc3n2)c1)Cc1cccc2cccnc12. The van der Waals surface area contributed by atoms with Gasteiger partial charge in [0.25, 0.3) is 5.91 Å². The summed E-state index contributed by atoms with van der Waals surface area (Å²) in [7, 11) is 2.13. The van der Waals surface area contributed by atoms with Crippen molar-refractivity contribution < 1.29 is 9.53 Å². The van der Waals surface area contributed by atoms with E-state index >= 15 is 0 Å². The van der Waals surface area contributed by atoms with Gasteiger partial charge in [0, 0.05) is 56.1 Å². The lowest BCUT2D eigenvalue weighted by Gasteiger charge is -2.35. The third kappa shape index (κ3) is 5.84. The van der Waals surface area contributed by atoms with Gasteiger partial charge in [-0.05, 0) is 67.8 Å². The number of hydrogen-bond acceptors (Lipinski definition) is 5. The van der Waals surface area contributed by atoms with Crippen LogP contribution in [-0.4, -0.2) is 56.3 Å². The number of amides is 1. The number of nitrogens with zero attached hydrogens (tertiary/aromatic N) is 5. The van der Waals surface area contributed by atoms with Crippen LogP contribution in [0, 0.1) is 0 Å². The molecule has 2 aromatic carbocycles. The molecule has 1 fully saturated rings. The van der Waals surface area contributed by atoms with E-state index in [4.69, 9.17) is 4.74 Å². The predicted molar refractivity (Wildman–Crippen MR) is 157 cm³/mol. The highest BCUT2D eigenvalue weighted by atomic mass is 16.5. The Kier molecular flexibility index (Phi) is 7.73. The van der Waals surface area contributed by atoms with Gasteiger partial charge in [0.1, 0.15) is 17.1 Å². The quantitative estimate of drug-likeness (QED) is 0.233. The number of fused-ring (bicyclic) bond motifs is 2. The zero-order chi connectivity index (χ0) is 27.3. The van der Waals surface area contributed by atoms with Gasteiger partial charge >= 0.3 is 0 Å². The molecule has 1 aliphatic rings. The van der Waals surface area contributed by atoms with Gasteiger partial charge < -0.3 is 14.0 Å². The molecular weight excluding hydrogens is 498 g/mol. The Bertz CT molecular complexity index is 1570. The summed E-state index contributed by atoms with van der Waals surface area (Å²) in [6.07, 6.45) is 9.57. The number of likely N-dealkylation sites (tertiary alicyclic amines) is 1. The highest BCUT2D eigenvalue weighted by Gasteiger charge is 2.28. The summed E-state index contributed by atoms with van der Waals surface area (Å²) < 4.78 is 8.10. The summed E-state index contributed by atoms with van der Waals surface area (Å²) in [6.45, 7) is 2.97. The molecule has 0 aliphatic carbocycles. The lowest BCUT2D eigenvalue weighted by atomic mass is 9.99. The number of para-hydroxylation sites is 1. The normalized spacial score (nSPS) is 15.7. The van der Waals surface area contributed by atoms with Crippen LogP contribution in [0.2, 0.25) is 0 Å². The second-order valence-corrected chi connectivity index (χ2v) is 10.7. The summed E-state index contributed by atoms with van der Waals surface area (Å²) >= 11 is 0. The molecule has 1 saturated heterocycles. The van der Waals surface area contributed by atoms with Crippen molar-refractivity contribution in [2.24, 2.45) is 0 Å². The van der Waals surface area contributed by atoms with Crippen molar-refractivity contribution in [3.63, 3.8) is 0 Å². The Balaban J connectivity index is 1.05. The lowest BCUT2D eigenvalue weighted by Crippen LogP contribution is -2.44. The van der Waals surface area contributed by atoms with Gasteiger partial charge in [-0.1, -0.05) is 42.5 Å². The maximum atomic E-state index is 13.4. The number of imidazole rings is 1. The highest BCUT2D eigenvalue weighted by molar-refractivity contribution is 5.93. The second-order valence-electron chi connectivity index (χ2n) is 10.7. The van der Waals surface area contributed by atoms with Gasteiger partial charge in [0.2, 0.25) is 0 Å². The van der Waals surface area contributed by atoms with Crippen LogP contribution in [0.3, 0.4) is 0 Å². The molecule has 4 heterocycles. The summed E-state index contributed by atoms with van der Waals surface area (Å²) in [5, 5.41) is 1.17. The minimum Gasteiger partial charge on any atom is -0.494 e. The first-order valence-electron chi connectivity index (χ1n) is 14.1. The molecule has 1 atom stereocenters. The molecule has 0 radical (unpaired) electrons. The van der Waals surface area contributed by atoms with E-state index < -0.39 is 0 Å². The van der Waals surface area contributed by atoms with Crippen molar-refractivity contribution >= 4 is 22.5 Å². The molecule has 7 nitrogen and oxygen atoms in total. The van der Waals surface area contributed by atoms with Crippen LogP contribution in [0.15, 0.2) is 91.4 Å². The van der Waals surface area contributed by atoms with Crippen molar-refractivity contribution in [3.8, 4) is 5.75 Å². The number of benzene rings is 2. The fourth-order valence-corrected chi connectivity index (χ4v) is 5.75. The molecule has 1 amide bonds. The number of carbonyl (C=O) groups excluding carboxylic acids is 1. The van der Waals surface area contributed by atoms with Gasteiger partial charge in [-0.2, -0.15) is 0 Å². The van der Waals surface area contributed by atoms with E-state index in [9.17, 15) is 4.79 Å². The van der Waals surface area contributed by atoms with Crippen molar-refractivity contribution in [2.75, 3.05) is 20.2 Å². The Hall–Kier alpha value is -4.23. The van der Waals surface area contributed by atoms with Crippen LogP contribution in [0.1, 0.15) is 47.3 Å². The van der Waals surface area contributed by atoms with Crippen molar-refractivity contribution in [1.29, 1.82) is 0 Å². The monoisotopic (exact) mass is 533 g/mol. The average molecular weight is 534 g/mol. The number of aromatic nitrogens is 3. The molecule has 1 aliphatic heterocycles. The average Bonchev–Trinajstić information content (AvgIpc) is 3.42. The number of pyridine rings is 2.